The van der Waals surface area contributed by atoms with Gasteiger partial charge in [-0.3, -0.25) is 4.90 Å². The molecule has 1 aromatic heterocycles. The van der Waals surface area contributed by atoms with Gasteiger partial charge in [0.25, 0.3) is 0 Å². The Labute approximate surface area is 107 Å². The monoisotopic (exact) mass is 252 g/mol. The standard InChI is InChI=1S/C13H20N2OS/c1-11-14-12(10-16-11)9-15-6-5-13(3-2-4-13)17-8-7-15/h10H,2-9H2,1H3. The summed E-state index contributed by atoms with van der Waals surface area (Å²) in [6.07, 6.45) is 7.47. The minimum Gasteiger partial charge on any atom is -0.449 e. The summed E-state index contributed by atoms with van der Waals surface area (Å²) in [7, 11) is 0. The number of hydrogen-bond donors (Lipinski definition) is 0. The number of nitrogens with zero attached hydrogens (tertiary/aromatic N) is 2. The molecule has 1 aliphatic carbocycles. The van der Waals surface area contributed by atoms with Crippen LogP contribution in [0, 0.1) is 6.92 Å². The molecule has 0 bridgehead atoms. The molecule has 94 valence electrons. The van der Waals surface area contributed by atoms with Crippen LogP contribution < -0.4 is 0 Å². The van der Waals surface area contributed by atoms with Crippen LogP contribution in [-0.2, 0) is 6.54 Å². The van der Waals surface area contributed by atoms with Crippen molar-refractivity contribution in [2.75, 3.05) is 18.8 Å². The third-order valence-corrected chi connectivity index (χ3v) is 5.63. The summed E-state index contributed by atoms with van der Waals surface area (Å²) in [5, 5.41) is 0. The predicted octanol–water partition coefficient (Wildman–Crippen LogP) is 2.84. The van der Waals surface area contributed by atoms with E-state index in [-0.39, 0.29) is 0 Å². The normalized spacial score (nSPS) is 24.5. The highest BCUT2D eigenvalue weighted by Gasteiger charge is 2.38. The van der Waals surface area contributed by atoms with Crippen LogP contribution >= 0.6 is 11.8 Å². The number of rotatable bonds is 2. The van der Waals surface area contributed by atoms with Crippen LogP contribution in [0.3, 0.4) is 0 Å². The highest BCUT2D eigenvalue weighted by Crippen LogP contribution is 2.47. The van der Waals surface area contributed by atoms with E-state index in [1.165, 1.54) is 44.5 Å². The topological polar surface area (TPSA) is 29.3 Å². The zero-order valence-corrected chi connectivity index (χ0v) is 11.3. The molecule has 2 aliphatic rings. The maximum atomic E-state index is 5.27. The molecule has 1 saturated carbocycles. The number of hydrogen-bond acceptors (Lipinski definition) is 4. The van der Waals surface area contributed by atoms with E-state index >= 15 is 0 Å². The van der Waals surface area contributed by atoms with E-state index in [1.807, 2.05) is 6.92 Å². The lowest BCUT2D eigenvalue weighted by molar-refractivity contribution is 0.244. The molecule has 1 aliphatic heterocycles. The summed E-state index contributed by atoms with van der Waals surface area (Å²) in [4.78, 5) is 6.92. The summed E-state index contributed by atoms with van der Waals surface area (Å²) in [6.45, 7) is 5.27. The molecule has 0 unspecified atom stereocenters. The molecule has 17 heavy (non-hydrogen) atoms. The molecular formula is C13H20N2OS. The first-order valence-corrected chi connectivity index (χ1v) is 7.52. The minimum absolute atomic E-state index is 0.647. The van der Waals surface area contributed by atoms with Crippen molar-refractivity contribution in [2.24, 2.45) is 0 Å². The molecule has 3 nitrogen and oxygen atoms in total. The van der Waals surface area contributed by atoms with Gasteiger partial charge < -0.3 is 4.42 Å². The molecule has 0 N–H and O–H groups in total. The Morgan fingerprint density at radius 3 is 2.94 bits per heavy atom. The van der Waals surface area contributed by atoms with Gasteiger partial charge in [-0.05, 0) is 25.8 Å². The van der Waals surface area contributed by atoms with Crippen LogP contribution in [0.15, 0.2) is 10.7 Å². The highest BCUT2D eigenvalue weighted by atomic mass is 32.2. The molecule has 0 radical (unpaired) electrons. The number of aromatic nitrogens is 1. The van der Waals surface area contributed by atoms with Crippen molar-refractivity contribution in [3.8, 4) is 0 Å². The maximum Gasteiger partial charge on any atom is 0.191 e. The van der Waals surface area contributed by atoms with Crippen molar-refractivity contribution in [2.45, 2.75) is 43.9 Å². The third kappa shape index (κ3) is 2.52. The largest absolute Gasteiger partial charge is 0.449 e. The summed E-state index contributed by atoms with van der Waals surface area (Å²) in [5.41, 5.74) is 1.08. The fourth-order valence-electron chi connectivity index (χ4n) is 2.77. The van der Waals surface area contributed by atoms with E-state index in [9.17, 15) is 0 Å². The average molecular weight is 252 g/mol. The zero-order valence-electron chi connectivity index (χ0n) is 10.4. The minimum atomic E-state index is 0.647. The van der Waals surface area contributed by atoms with Gasteiger partial charge in [-0.25, -0.2) is 4.98 Å². The third-order valence-electron chi connectivity index (χ3n) is 4.02. The Balaban J connectivity index is 1.57. The van der Waals surface area contributed by atoms with Crippen LogP contribution in [0.5, 0.6) is 0 Å². The first-order valence-electron chi connectivity index (χ1n) is 6.53. The molecule has 4 heteroatoms. The van der Waals surface area contributed by atoms with Gasteiger partial charge in [0.2, 0.25) is 0 Å². The fraction of sp³-hybridized carbons (Fsp3) is 0.769. The first-order chi connectivity index (χ1) is 8.26. The van der Waals surface area contributed by atoms with E-state index in [4.69, 9.17) is 4.42 Å². The quantitative estimate of drug-likeness (QED) is 0.809. The molecule has 2 fully saturated rings. The van der Waals surface area contributed by atoms with Crippen LogP contribution in [0.1, 0.15) is 37.3 Å². The Kier molecular flexibility index (Phi) is 3.17. The SMILES string of the molecule is Cc1nc(CN2CCSC3(CCC3)CC2)co1. The van der Waals surface area contributed by atoms with Gasteiger partial charge in [-0.2, -0.15) is 11.8 Å². The molecular weight excluding hydrogens is 232 g/mol. The van der Waals surface area contributed by atoms with Crippen molar-refractivity contribution in [3.05, 3.63) is 17.8 Å². The second kappa shape index (κ2) is 4.65. The predicted molar refractivity (Wildman–Crippen MR) is 70.2 cm³/mol. The Morgan fingerprint density at radius 2 is 2.29 bits per heavy atom. The van der Waals surface area contributed by atoms with Gasteiger partial charge in [0.1, 0.15) is 6.26 Å². The second-order valence-corrected chi connectivity index (χ2v) is 6.83. The molecule has 1 saturated heterocycles. The van der Waals surface area contributed by atoms with Crippen LogP contribution in [0.4, 0.5) is 0 Å². The van der Waals surface area contributed by atoms with Gasteiger partial charge in [-0.15, -0.1) is 0 Å². The van der Waals surface area contributed by atoms with E-state index in [0.29, 0.717) is 4.75 Å². The lowest BCUT2D eigenvalue weighted by Crippen LogP contribution is -2.35. The van der Waals surface area contributed by atoms with Crippen LogP contribution in [0.25, 0.3) is 0 Å². The van der Waals surface area contributed by atoms with Crippen molar-refractivity contribution in [3.63, 3.8) is 0 Å². The molecule has 1 spiro atoms. The van der Waals surface area contributed by atoms with E-state index in [2.05, 4.69) is 21.6 Å². The smallest absolute Gasteiger partial charge is 0.191 e. The zero-order chi connectivity index (χ0) is 11.7. The number of thioether (sulfide) groups is 1. The highest BCUT2D eigenvalue weighted by molar-refractivity contribution is 8.00. The van der Waals surface area contributed by atoms with Crippen molar-refractivity contribution < 1.29 is 4.42 Å². The van der Waals surface area contributed by atoms with Crippen molar-refractivity contribution in [1.82, 2.24) is 9.88 Å². The van der Waals surface area contributed by atoms with Gasteiger partial charge in [0.15, 0.2) is 5.89 Å². The summed E-state index contributed by atoms with van der Waals surface area (Å²) in [5.74, 6) is 2.05. The Hall–Kier alpha value is -0.480. The van der Waals surface area contributed by atoms with Gasteiger partial charge in [-0.1, -0.05) is 6.42 Å². The van der Waals surface area contributed by atoms with E-state index < -0.39 is 0 Å². The molecule has 0 aromatic carbocycles. The summed E-state index contributed by atoms with van der Waals surface area (Å²) in [6, 6.07) is 0. The van der Waals surface area contributed by atoms with Crippen molar-refractivity contribution in [1.29, 1.82) is 0 Å². The Bertz CT molecular complexity index is 387. The number of aryl methyl sites for hydroxylation is 1. The lowest BCUT2D eigenvalue weighted by Gasteiger charge is -2.40. The Morgan fingerprint density at radius 1 is 1.41 bits per heavy atom. The fourth-order valence-corrected chi connectivity index (χ4v) is 4.37. The molecule has 3 rings (SSSR count). The van der Waals surface area contributed by atoms with Crippen molar-refractivity contribution >= 4 is 11.8 Å². The van der Waals surface area contributed by atoms with E-state index in [1.54, 1.807) is 6.26 Å². The van der Waals surface area contributed by atoms with Crippen LogP contribution in [-0.4, -0.2) is 33.5 Å². The average Bonchev–Trinajstić information content (AvgIpc) is 2.55. The molecule has 1 aromatic rings. The van der Waals surface area contributed by atoms with Gasteiger partial charge in [0.05, 0.1) is 5.69 Å². The lowest BCUT2D eigenvalue weighted by atomic mass is 9.81. The van der Waals surface area contributed by atoms with Gasteiger partial charge >= 0.3 is 0 Å². The summed E-state index contributed by atoms with van der Waals surface area (Å²) < 4.78 is 5.91. The maximum absolute atomic E-state index is 5.27. The molecule has 0 amide bonds. The number of oxazole rings is 1. The van der Waals surface area contributed by atoms with Crippen LogP contribution in [0.2, 0.25) is 0 Å². The van der Waals surface area contributed by atoms with Gasteiger partial charge in [0, 0.05) is 30.5 Å². The first kappa shape index (κ1) is 11.6. The summed E-state index contributed by atoms with van der Waals surface area (Å²) >= 11 is 2.21. The molecule has 0 atom stereocenters. The second-order valence-electron chi connectivity index (χ2n) is 5.27. The van der Waals surface area contributed by atoms with E-state index in [0.717, 1.165) is 18.1 Å². The molecule has 2 heterocycles.